The van der Waals surface area contributed by atoms with Crippen molar-refractivity contribution in [2.24, 2.45) is 0 Å². The number of hydrogen-bond acceptors (Lipinski definition) is 4. The monoisotopic (exact) mass is 316 g/mol. The van der Waals surface area contributed by atoms with Crippen molar-refractivity contribution >= 4 is 11.8 Å². The summed E-state index contributed by atoms with van der Waals surface area (Å²) < 4.78 is 5.25. The Kier molecular flexibility index (Phi) is 5.26. The minimum absolute atomic E-state index is 0.405. The number of para-hydroxylation sites is 1. The Labute approximate surface area is 136 Å². The van der Waals surface area contributed by atoms with Gasteiger partial charge in [-0.3, -0.25) is 5.10 Å². The number of aromatic nitrogens is 2. The largest absolute Gasteiger partial charge is 0.444 e. The smallest absolute Gasteiger partial charge is 0.407 e. The fourth-order valence-corrected chi connectivity index (χ4v) is 2.07. The number of alkyl carbamates (subject to hydrolysis) is 1. The van der Waals surface area contributed by atoms with Gasteiger partial charge in [0.15, 0.2) is 0 Å². The van der Waals surface area contributed by atoms with Crippen molar-refractivity contribution in [2.75, 3.05) is 5.32 Å². The number of hydrogen-bond donors (Lipinski definition) is 3. The van der Waals surface area contributed by atoms with E-state index in [0.717, 1.165) is 22.5 Å². The van der Waals surface area contributed by atoms with Crippen molar-refractivity contribution in [3.05, 3.63) is 47.3 Å². The highest BCUT2D eigenvalue weighted by atomic mass is 16.6. The fourth-order valence-electron chi connectivity index (χ4n) is 2.07. The van der Waals surface area contributed by atoms with Crippen molar-refractivity contribution in [1.82, 2.24) is 15.5 Å². The lowest BCUT2D eigenvalue weighted by Gasteiger charge is -2.20. The molecule has 2 aromatic rings. The van der Waals surface area contributed by atoms with Crippen LogP contribution in [0.4, 0.5) is 10.5 Å². The second-order valence-electron chi connectivity index (χ2n) is 6.39. The van der Waals surface area contributed by atoms with Crippen molar-refractivity contribution in [2.45, 2.75) is 46.4 Å². The second kappa shape index (κ2) is 7.17. The van der Waals surface area contributed by atoms with Crippen molar-refractivity contribution in [3.8, 4) is 0 Å². The number of anilines is 1. The van der Waals surface area contributed by atoms with Crippen LogP contribution in [0, 0.1) is 6.92 Å². The molecule has 2 rings (SSSR count). The van der Waals surface area contributed by atoms with Gasteiger partial charge in [0.05, 0.1) is 6.20 Å². The van der Waals surface area contributed by atoms with E-state index in [1.807, 2.05) is 58.2 Å². The highest BCUT2D eigenvalue weighted by molar-refractivity contribution is 5.68. The third-order valence-electron chi connectivity index (χ3n) is 3.24. The minimum atomic E-state index is -0.499. The van der Waals surface area contributed by atoms with Gasteiger partial charge < -0.3 is 15.4 Å². The standard InChI is InChI=1S/C17H24N4O2/c1-12-14(11-20-21-12)10-18-15-8-6-5-7-13(15)9-19-16(22)23-17(2,3)4/h5-8,11,18H,9-10H2,1-4H3,(H,19,22)(H,20,21). The van der Waals surface area contributed by atoms with E-state index in [0.29, 0.717) is 13.1 Å². The van der Waals surface area contributed by atoms with Gasteiger partial charge in [-0.1, -0.05) is 18.2 Å². The Hall–Kier alpha value is -2.50. The third kappa shape index (κ3) is 5.32. The average molecular weight is 316 g/mol. The molecule has 6 nitrogen and oxygen atoms in total. The van der Waals surface area contributed by atoms with Crippen LogP contribution in [0.25, 0.3) is 0 Å². The summed E-state index contributed by atoms with van der Waals surface area (Å²) in [5, 5.41) is 13.1. The Morgan fingerprint density at radius 2 is 1.96 bits per heavy atom. The molecule has 0 spiro atoms. The third-order valence-corrected chi connectivity index (χ3v) is 3.24. The van der Waals surface area contributed by atoms with Gasteiger partial charge in [0.1, 0.15) is 5.60 Å². The summed E-state index contributed by atoms with van der Waals surface area (Å²) in [6, 6.07) is 7.87. The van der Waals surface area contributed by atoms with E-state index in [2.05, 4.69) is 20.8 Å². The predicted octanol–water partition coefficient (Wildman–Crippen LogP) is 3.35. The number of nitrogens with zero attached hydrogens (tertiary/aromatic N) is 1. The van der Waals surface area contributed by atoms with Gasteiger partial charge in [0, 0.05) is 30.0 Å². The molecule has 0 aliphatic carbocycles. The molecule has 0 bridgehead atoms. The molecule has 6 heteroatoms. The zero-order valence-electron chi connectivity index (χ0n) is 14.1. The number of rotatable bonds is 5. The molecule has 0 atom stereocenters. The van der Waals surface area contributed by atoms with Crippen LogP contribution < -0.4 is 10.6 Å². The van der Waals surface area contributed by atoms with E-state index in [9.17, 15) is 4.79 Å². The average Bonchev–Trinajstić information content (AvgIpc) is 2.87. The molecule has 0 radical (unpaired) electrons. The zero-order valence-corrected chi connectivity index (χ0v) is 14.1. The first-order valence-corrected chi connectivity index (χ1v) is 7.62. The normalized spacial score (nSPS) is 11.1. The van der Waals surface area contributed by atoms with E-state index >= 15 is 0 Å². The van der Waals surface area contributed by atoms with E-state index in [1.54, 1.807) is 0 Å². The highest BCUT2D eigenvalue weighted by Crippen LogP contribution is 2.17. The molecule has 0 aliphatic heterocycles. The lowest BCUT2D eigenvalue weighted by atomic mass is 10.1. The van der Waals surface area contributed by atoms with Crippen LogP contribution in [0.2, 0.25) is 0 Å². The lowest BCUT2D eigenvalue weighted by molar-refractivity contribution is 0.0523. The molecule has 0 saturated carbocycles. The van der Waals surface area contributed by atoms with Gasteiger partial charge >= 0.3 is 6.09 Å². The number of carbonyl (C=O) groups excluding carboxylic acids is 1. The van der Waals surface area contributed by atoms with Crippen molar-refractivity contribution < 1.29 is 9.53 Å². The summed E-state index contributed by atoms with van der Waals surface area (Å²) in [5.74, 6) is 0. The fraction of sp³-hybridized carbons (Fsp3) is 0.412. The first-order valence-electron chi connectivity index (χ1n) is 7.62. The number of benzene rings is 1. The van der Waals surface area contributed by atoms with Crippen LogP contribution >= 0.6 is 0 Å². The van der Waals surface area contributed by atoms with Crippen LogP contribution in [0.3, 0.4) is 0 Å². The van der Waals surface area contributed by atoms with E-state index in [-0.39, 0.29) is 0 Å². The summed E-state index contributed by atoms with van der Waals surface area (Å²) in [5.41, 5.74) is 3.63. The summed E-state index contributed by atoms with van der Waals surface area (Å²) >= 11 is 0. The molecule has 0 fully saturated rings. The first-order chi connectivity index (χ1) is 10.8. The molecule has 0 unspecified atom stereocenters. The Bertz CT molecular complexity index is 659. The van der Waals surface area contributed by atoms with E-state index in [4.69, 9.17) is 4.74 Å². The Morgan fingerprint density at radius 3 is 2.61 bits per heavy atom. The quantitative estimate of drug-likeness (QED) is 0.790. The maximum atomic E-state index is 11.8. The summed E-state index contributed by atoms with van der Waals surface area (Å²) in [4.78, 5) is 11.8. The van der Waals surface area contributed by atoms with E-state index < -0.39 is 11.7 Å². The Morgan fingerprint density at radius 1 is 1.22 bits per heavy atom. The molecule has 23 heavy (non-hydrogen) atoms. The lowest BCUT2D eigenvalue weighted by Crippen LogP contribution is -2.32. The molecule has 1 amide bonds. The summed E-state index contributed by atoms with van der Waals surface area (Å²) in [6.07, 6.45) is 1.39. The number of ether oxygens (including phenoxy) is 1. The molecule has 1 aromatic heterocycles. The van der Waals surface area contributed by atoms with E-state index in [1.165, 1.54) is 0 Å². The van der Waals surface area contributed by atoms with Gasteiger partial charge in [-0.25, -0.2) is 4.79 Å². The van der Waals surface area contributed by atoms with Crippen LogP contribution in [-0.4, -0.2) is 21.9 Å². The maximum Gasteiger partial charge on any atom is 0.407 e. The first kappa shape index (κ1) is 16.9. The van der Waals surface area contributed by atoms with Crippen LogP contribution in [-0.2, 0) is 17.8 Å². The van der Waals surface area contributed by atoms with Crippen LogP contribution in [0.1, 0.15) is 37.6 Å². The maximum absolute atomic E-state index is 11.8. The van der Waals surface area contributed by atoms with Gasteiger partial charge in [0.25, 0.3) is 0 Å². The molecular formula is C17H24N4O2. The number of amides is 1. The topological polar surface area (TPSA) is 79.0 Å². The number of aromatic amines is 1. The summed E-state index contributed by atoms with van der Waals surface area (Å²) in [6.45, 7) is 8.59. The van der Waals surface area contributed by atoms with Gasteiger partial charge in [-0.2, -0.15) is 5.10 Å². The van der Waals surface area contributed by atoms with Crippen molar-refractivity contribution in [1.29, 1.82) is 0 Å². The SMILES string of the molecule is Cc1[nH]ncc1CNc1ccccc1CNC(=O)OC(C)(C)C. The molecule has 0 aliphatic rings. The molecule has 1 heterocycles. The number of H-pyrrole nitrogens is 1. The minimum Gasteiger partial charge on any atom is -0.444 e. The zero-order chi connectivity index (χ0) is 16.9. The van der Waals surface area contributed by atoms with Gasteiger partial charge in [-0.15, -0.1) is 0 Å². The van der Waals surface area contributed by atoms with Crippen molar-refractivity contribution in [3.63, 3.8) is 0 Å². The predicted molar refractivity (Wildman–Crippen MR) is 90.2 cm³/mol. The summed E-state index contributed by atoms with van der Waals surface area (Å²) in [7, 11) is 0. The molecule has 124 valence electrons. The number of nitrogens with one attached hydrogen (secondary N) is 3. The molecule has 0 saturated heterocycles. The molecular weight excluding hydrogens is 292 g/mol. The van der Waals surface area contributed by atoms with Crippen LogP contribution in [0.15, 0.2) is 30.5 Å². The van der Waals surface area contributed by atoms with Gasteiger partial charge in [0.2, 0.25) is 0 Å². The van der Waals surface area contributed by atoms with Crippen LogP contribution in [0.5, 0.6) is 0 Å². The van der Waals surface area contributed by atoms with Gasteiger partial charge in [-0.05, 0) is 39.3 Å². The number of carbonyl (C=O) groups is 1. The second-order valence-corrected chi connectivity index (χ2v) is 6.39. The molecule has 1 aromatic carbocycles. The highest BCUT2D eigenvalue weighted by Gasteiger charge is 2.16. The number of aryl methyl sites for hydroxylation is 1. The molecule has 3 N–H and O–H groups in total. The Balaban J connectivity index is 1.95.